The highest BCUT2D eigenvalue weighted by molar-refractivity contribution is 9.10. The lowest BCUT2D eigenvalue weighted by molar-refractivity contribution is 0.305. The summed E-state index contributed by atoms with van der Waals surface area (Å²) in [5, 5.41) is 12.2. The third-order valence-corrected chi connectivity index (χ3v) is 6.04. The van der Waals surface area contributed by atoms with E-state index in [-0.39, 0.29) is 0 Å². The van der Waals surface area contributed by atoms with Gasteiger partial charge in [0.2, 0.25) is 0 Å². The SMILES string of the molecule is COc1ccc2nc(/C(C#N)=C\c3cc(Br)ccc3OCc3ccc4ccccc4c3)[nH]c2c1. The summed E-state index contributed by atoms with van der Waals surface area (Å²) in [6.07, 6.45) is 1.79. The van der Waals surface area contributed by atoms with Crippen LogP contribution in [0.3, 0.4) is 0 Å². The minimum Gasteiger partial charge on any atom is -0.497 e. The Morgan fingerprint density at radius 1 is 1.03 bits per heavy atom. The Labute approximate surface area is 205 Å². The van der Waals surface area contributed by atoms with E-state index in [4.69, 9.17) is 9.47 Å². The van der Waals surface area contributed by atoms with Crippen LogP contribution in [0.15, 0.2) is 83.3 Å². The standard InChI is InChI=1S/C28H20BrN3O2/c1-33-24-9-10-25-26(15-24)32-28(31-25)22(16-30)13-21-14-23(29)8-11-27(21)34-17-18-6-7-19-4-2-3-5-20(19)12-18/h2-15H,17H2,1H3,(H,31,32)/b22-13-. The minimum absolute atomic E-state index is 0.406. The van der Waals surface area contributed by atoms with Crippen molar-refractivity contribution in [3.63, 3.8) is 0 Å². The van der Waals surface area contributed by atoms with Crippen molar-refractivity contribution in [2.75, 3.05) is 7.11 Å². The second kappa shape index (κ2) is 9.42. The fraction of sp³-hybridized carbons (Fsp3) is 0.0714. The van der Waals surface area contributed by atoms with Crippen LogP contribution in [-0.2, 0) is 6.61 Å². The molecule has 0 spiro atoms. The monoisotopic (exact) mass is 509 g/mol. The number of benzene rings is 4. The van der Waals surface area contributed by atoms with E-state index in [1.807, 2.05) is 48.5 Å². The Morgan fingerprint density at radius 2 is 1.88 bits per heavy atom. The Bertz CT molecular complexity index is 1580. The van der Waals surface area contributed by atoms with Gasteiger partial charge in [-0.1, -0.05) is 52.3 Å². The first-order valence-corrected chi connectivity index (χ1v) is 11.5. The highest BCUT2D eigenvalue weighted by atomic mass is 79.9. The molecule has 5 aromatic rings. The van der Waals surface area contributed by atoms with Gasteiger partial charge < -0.3 is 14.5 Å². The van der Waals surface area contributed by atoms with Gasteiger partial charge in [-0.05, 0) is 58.8 Å². The van der Waals surface area contributed by atoms with Crippen molar-refractivity contribution in [3.8, 4) is 17.6 Å². The van der Waals surface area contributed by atoms with Crippen molar-refractivity contribution >= 4 is 49.4 Å². The maximum Gasteiger partial charge on any atom is 0.149 e. The van der Waals surface area contributed by atoms with Crippen molar-refractivity contribution in [3.05, 3.63) is 100 Å². The fourth-order valence-electron chi connectivity index (χ4n) is 3.81. The summed E-state index contributed by atoms with van der Waals surface area (Å²) < 4.78 is 12.3. The van der Waals surface area contributed by atoms with Gasteiger partial charge in [-0.25, -0.2) is 4.98 Å². The third-order valence-electron chi connectivity index (χ3n) is 5.54. The first-order chi connectivity index (χ1) is 16.6. The van der Waals surface area contributed by atoms with E-state index in [0.29, 0.717) is 23.8 Å². The van der Waals surface area contributed by atoms with Crippen LogP contribution in [0.4, 0.5) is 0 Å². The molecule has 6 heteroatoms. The summed E-state index contributed by atoms with van der Waals surface area (Å²) in [7, 11) is 1.62. The molecule has 0 aliphatic rings. The molecule has 0 fully saturated rings. The average Bonchev–Trinajstić information content (AvgIpc) is 3.29. The molecule has 0 amide bonds. The van der Waals surface area contributed by atoms with Crippen molar-refractivity contribution in [2.24, 2.45) is 0 Å². The number of aromatic nitrogens is 2. The molecule has 4 aromatic carbocycles. The van der Waals surface area contributed by atoms with E-state index >= 15 is 0 Å². The van der Waals surface area contributed by atoms with Gasteiger partial charge in [0.1, 0.15) is 30.0 Å². The molecule has 0 unspecified atom stereocenters. The Balaban J connectivity index is 1.45. The normalized spacial score (nSPS) is 11.5. The van der Waals surface area contributed by atoms with Gasteiger partial charge in [-0.3, -0.25) is 0 Å². The van der Waals surface area contributed by atoms with Crippen molar-refractivity contribution in [2.45, 2.75) is 6.61 Å². The number of halogens is 1. The summed E-state index contributed by atoms with van der Waals surface area (Å²) in [5.74, 6) is 1.90. The number of aromatic amines is 1. The number of nitrogens with one attached hydrogen (secondary N) is 1. The number of nitriles is 1. The van der Waals surface area contributed by atoms with Gasteiger partial charge in [-0.2, -0.15) is 5.26 Å². The van der Waals surface area contributed by atoms with Gasteiger partial charge in [0.15, 0.2) is 0 Å². The molecule has 1 heterocycles. The smallest absolute Gasteiger partial charge is 0.149 e. The number of hydrogen-bond acceptors (Lipinski definition) is 4. The van der Waals surface area contributed by atoms with Crippen molar-refractivity contribution in [1.29, 1.82) is 5.26 Å². The number of H-pyrrole nitrogens is 1. The van der Waals surface area contributed by atoms with E-state index < -0.39 is 0 Å². The number of fused-ring (bicyclic) bond motifs is 2. The molecule has 0 aliphatic carbocycles. The number of allylic oxidation sites excluding steroid dienone is 1. The van der Waals surface area contributed by atoms with Crippen LogP contribution < -0.4 is 9.47 Å². The molecule has 0 saturated carbocycles. The zero-order valence-electron chi connectivity index (χ0n) is 18.4. The van der Waals surface area contributed by atoms with E-state index in [0.717, 1.165) is 32.4 Å². The number of hydrogen-bond donors (Lipinski definition) is 1. The average molecular weight is 510 g/mol. The summed E-state index contributed by atoms with van der Waals surface area (Å²) in [6.45, 7) is 0.416. The van der Waals surface area contributed by atoms with Crippen LogP contribution in [0, 0.1) is 11.3 Å². The van der Waals surface area contributed by atoms with E-state index in [1.165, 1.54) is 10.8 Å². The number of imidazole rings is 1. The molecule has 1 N–H and O–H groups in total. The van der Waals surface area contributed by atoms with E-state index in [9.17, 15) is 5.26 Å². The summed E-state index contributed by atoms with van der Waals surface area (Å²) in [5.41, 5.74) is 3.83. The molecule has 34 heavy (non-hydrogen) atoms. The predicted molar refractivity (Wildman–Crippen MR) is 139 cm³/mol. The maximum absolute atomic E-state index is 9.88. The number of rotatable bonds is 6. The van der Waals surface area contributed by atoms with Crippen molar-refractivity contribution in [1.82, 2.24) is 9.97 Å². The van der Waals surface area contributed by atoms with Crippen LogP contribution in [0.1, 0.15) is 17.0 Å². The molecule has 166 valence electrons. The van der Waals surface area contributed by atoms with Crippen LogP contribution in [-0.4, -0.2) is 17.1 Å². The zero-order chi connectivity index (χ0) is 23.5. The number of nitrogens with zero attached hydrogens (tertiary/aromatic N) is 2. The summed E-state index contributed by atoms with van der Waals surface area (Å²) >= 11 is 3.53. The molecule has 0 aliphatic heterocycles. The summed E-state index contributed by atoms with van der Waals surface area (Å²) in [6, 6.07) is 28.1. The molecule has 0 bridgehead atoms. The molecule has 1 aromatic heterocycles. The maximum atomic E-state index is 9.88. The number of ether oxygens (including phenoxy) is 2. The second-order valence-corrected chi connectivity index (χ2v) is 8.71. The Hall–Kier alpha value is -4.08. The van der Waals surface area contributed by atoms with Crippen LogP contribution >= 0.6 is 15.9 Å². The lowest BCUT2D eigenvalue weighted by atomic mass is 10.1. The molecule has 0 saturated heterocycles. The lowest BCUT2D eigenvalue weighted by Gasteiger charge is -2.11. The van der Waals surface area contributed by atoms with Gasteiger partial charge in [0.25, 0.3) is 0 Å². The topological polar surface area (TPSA) is 70.9 Å². The van der Waals surface area contributed by atoms with Gasteiger partial charge in [0.05, 0.1) is 23.7 Å². The highest BCUT2D eigenvalue weighted by Crippen LogP contribution is 2.29. The minimum atomic E-state index is 0.406. The highest BCUT2D eigenvalue weighted by Gasteiger charge is 2.11. The Morgan fingerprint density at radius 3 is 2.71 bits per heavy atom. The fourth-order valence-corrected chi connectivity index (χ4v) is 4.18. The molecular weight excluding hydrogens is 490 g/mol. The second-order valence-electron chi connectivity index (χ2n) is 7.79. The lowest BCUT2D eigenvalue weighted by Crippen LogP contribution is -1.97. The van der Waals surface area contributed by atoms with Crippen LogP contribution in [0.2, 0.25) is 0 Å². The predicted octanol–water partition coefficient (Wildman–Crippen LogP) is 7.13. The molecular formula is C28H20BrN3O2. The van der Waals surface area contributed by atoms with Gasteiger partial charge in [0, 0.05) is 16.1 Å². The van der Waals surface area contributed by atoms with Crippen molar-refractivity contribution < 1.29 is 9.47 Å². The molecule has 5 rings (SSSR count). The van der Waals surface area contributed by atoms with Gasteiger partial charge in [-0.15, -0.1) is 0 Å². The molecule has 5 nitrogen and oxygen atoms in total. The van der Waals surface area contributed by atoms with E-state index in [1.54, 1.807) is 13.2 Å². The number of methoxy groups -OCH3 is 1. The third kappa shape index (κ3) is 4.52. The van der Waals surface area contributed by atoms with Crippen LogP contribution in [0.5, 0.6) is 11.5 Å². The first kappa shape index (κ1) is 21.7. The molecule has 0 radical (unpaired) electrons. The van der Waals surface area contributed by atoms with E-state index in [2.05, 4.69) is 62.3 Å². The zero-order valence-corrected chi connectivity index (χ0v) is 20.0. The molecule has 0 atom stereocenters. The van der Waals surface area contributed by atoms with Gasteiger partial charge >= 0.3 is 0 Å². The Kier molecular flexibility index (Phi) is 6.03. The van der Waals surface area contributed by atoms with Crippen LogP contribution in [0.25, 0.3) is 33.5 Å². The summed E-state index contributed by atoms with van der Waals surface area (Å²) in [4.78, 5) is 7.79. The first-order valence-electron chi connectivity index (χ1n) is 10.7. The quantitative estimate of drug-likeness (QED) is 0.247. The largest absolute Gasteiger partial charge is 0.497 e.